The number of nitrogens with zero attached hydrogens (tertiary/aromatic N) is 2. The van der Waals surface area contributed by atoms with Crippen molar-refractivity contribution in [3.63, 3.8) is 0 Å². The molecule has 0 fully saturated rings. The quantitative estimate of drug-likeness (QED) is 0.773. The minimum Gasteiger partial charge on any atom is -0.351 e. The van der Waals surface area contributed by atoms with Crippen LogP contribution >= 0.6 is 0 Å². The van der Waals surface area contributed by atoms with E-state index in [2.05, 4.69) is 15.5 Å². The van der Waals surface area contributed by atoms with Gasteiger partial charge in [0.2, 0.25) is 0 Å². The third kappa shape index (κ3) is 2.31. The summed E-state index contributed by atoms with van der Waals surface area (Å²) in [6.07, 6.45) is 0. The van der Waals surface area contributed by atoms with Gasteiger partial charge in [0.25, 0.3) is 5.91 Å². The lowest BCUT2D eigenvalue weighted by Gasteiger charge is -2.11. The monoisotopic (exact) mass is 289 g/mol. The zero-order chi connectivity index (χ0) is 15.0. The predicted molar refractivity (Wildman–Crippen MR) is 71.8 cm³/mol. The number of halogens is 1. The lowest BCUT2D eigenvalue weighted by molar-refractivity contribution is 0.102. The molecular weight excluding hydrogens is 277 g/mol. The zero-order valence-electron chi connectivity index (χ0n) is 10.9. The van der Waals surface area contributed by atoms with Gasteiger partial charge >= 0.3 is 6.03 Å². The average Bonchev–Trinajstić information content (AvgIpc) is 3.01. The van der Waals surface area contributed by atoms with Crippen LogP contribution < -0.4 is 11.1 Å². The van der Waals surface area contributed by atoms with Crippen molar-refractivity contribution in [1.29, 1.82) is 0 Å². The Bertz CT molecular complexity index is 727. The van der Waals surface area contributed by atoms with Gasteiger partial charge in [-0.3, -0.25) is 9.89 Å². The summed E-state index contributed by atoms with van der Waals surface area (Å²) in [7, 11) is 0. The summed E-state index contributed by atoms with van der Waals surface area (Å²) < 4.78 is 13.6. The van der Waals surface area contributed by atoms with Gasteiger partial charge in [-0.1, -0.05) is 12.1 Å². The smallest absolute Gasteiger partial charge is 0.315 e. The second-order valence-electron chi connectivity index (χ2n) is 4.65. The molecule has 0 saturated heterocycles. The Labute approximate surface area is 118 Å². The summed E-state index contributed by atoms with van der Waals surface area (Å²) in [5, 5.41) is 9.25. The lowest BCUT2D eigenvalue weighted by Crippen LogP contribution is -2.31. The average molecular weight is 289 g/mol. The van der Waals surface area contributed by atoms with Crippen LogP contribution in [0.3, 0.4) is 0 Å². The van der Waals surface area contributed by atoms with E-state index in [0.29, 0.717) is 17.1 Å². The molecule has 1 aliphatic heterocycles. The number of nitrogens with one attached hydrogen (secondary N) is 2. The lowest BCUT2D eigenvalue weighted by atomic mass is 10.2. The van der Waals surface area contributed by atoms with E-state index >= 15 is 0 Å². The second-order valence-corrected chi connectivity index (χ2v) is 4.65. The number of nitrogens with two attached hydrogens (primary N) is 1. The number of benzene rings is 1. The number of hydrogen-bond acceptors (Lipinski definition) is 3. The molecule has 0 unspecified atom stereocenters. The van der Waals surface area contributed by atoms with E-state index in [9.17, 15) is 14.0 Å². The molecule has 1 aromatic heterocycles. The van der Waals surface area contributed by atoms with E-state index in [1.54, 1.807) is 6.07 Å². The van der Waals surface area contributed by atoms with Crippen LogP contribution in [0.15, 0.2) is 24.3 Å². The summed E-state index contributed by atoms with van der Waals surface area (Å²) in [4.78, 5) is 24.6. The molecule has 21 heavy (non-hydrogen) atoms. The maximum Gasteiger partial charge on any atom is 0.315 e. The maximum absolute atomic E-state index is 13.6. The van der Waals surface area contributed by atoms with Gasteiger partial charge in [-0.15, -0.1) is 0 Å². The molecule has 7 nitrogen and oxygen atoms in total. The van der Waals surface area contributed by atoms with Crippen molar-refractivity contribution in [3.05, 3.63) is 46.9 Å². The summed E-state index contributed by atoms with van der Waals surface area (Å²) in [5.41, 5.74) is 6.46. The number of urea groups is 1. The summed E-state index contributed by atoms with van der Waals surface area (Å²) in [6.45, 7) is 0.546. The van der Waals surface area contributed by atoms with Gasteiger partial charge in [0.15, 0.2) is 0 Å². The molecule has 2 aromatic rings. The fourth-order valence-corrected chi connectivity index (χ4v) is 2.22. The molecule has 0 radical (unpaired) electrons. The molecule has 0 aliphatic carbocycles. The van der Waals surface area contributed by atoms with Gasteiger partial charge in [-0.05, 0) is 12.1 Å². The van der Waals surface area contributed by atoms with Crippen LogP contribution in [0, 0.1) is 5.82 Å². The minimum absolute atomic E-state index is 0.0643. The Morgan fingerprint density at radius 1 is 1.33 bits per heavy atom. The van der Waals surface area contributed by atoms with Gasteiger partial charge in [-0.25, -0.2) is 9.18 Å². The van der Waals surface area contributed by atoms with Crippen molar-refractivity contribution in [2.75, 3.05) is 5.32 Å². The van der Waals surface area contributed by atoms with Gasteiger partial charge in [0.1, 0.15) is 11.6 Å². The van der Waals surface area contributed by atoms with E-state index in [1.807, 2.05) is 0 Å². The van der Waals surface area contributed by atoms with Crippen molar-refractivity contribution < 1.29 is 14.0 Å². The number of primary amides is 1. The molecule has 0 spiro atoms. The Morgan fingerprint density at radius 2 is 2.10 bits per heavy atom. The van der Waals surface area contributed by atoms with Crippen LogP contribution in [0.1, 0.15) is 21.6 Å². The fourth-order valence-electron chi connectivity index (χ4n) is 2.22. The Hall–Kier alpha value is -2.90. The van der Waals surface area contributed by atoms with Gasteiger partial charge in [0, 0.05) is 5.56 Å². The molecule has 0 saturated carbocycles. The molecule has 4 N–H and O–H groups in total. The Kier molecular flexibility index (Phi) is 3.05. The fraction of sp³-hybridized carbons (Fsp3) is 0.154. The molecule has 1 aromatic carbocycles. The number of aromatic amines is 1. The van der Waals surface area contributed by atoms with Gasteiger partial charge < -0.3 is 16.0 Å². The highest BCUT2D eigenvalue weighted by Gasteiger charge is 2.28. The number of carbonyl (C=O) groups is 2. The van der Waals surface area contributed by atoms with Gasteiger partial charge in [-0.2, -0.15) is 5.10 Å². The summed E-state index contributed by atoms with van der Waals surface area (Å²) in [6, 6.07) is 5.12. The highest BCUT2D eigenvalue weighted by Crippen LogP contribution is 2.27. The molecular formula is C13H12FN5O2. The third-order valence-corrected chi connectivity index (χ3v) is 3.31. The van der Waals surface area contributed by atoms with E-state index < -0.39 is 17.8 Å². The predicted octanol–water partition coefficient (Wildman–Crippen LogP) is 1.20. The van der Waals surface area contributed by atoms with Crippen molar-refractivity contribution >= 4 is 17.8 Å². The molecule has 3 amide bonds. The molecule has 0 bridgehead atoms. The molecule has 2 heterocycles. The van der Waals surface area contributed by atoms with Crippen LogP contribution in [0.2, 0.25) is 0 Å². The molecule has 1 aliphatic rings. The van der Waals surface area contributed by atoms with E-state index in [-0.39, 0.29) is 18.7 Å². The van der Waals surface area contributed by atoms with Crippen molar-refractivity contribution in [2.45, 2.75) is 13.1 Å². The van der Waals surface area contributed by atoms with E-state index in [1.165, 1.54) is 23.1 Å². The van der Waals surface area contributed by atoms with Crippen LogP contribution in [-0.4, -0.2) is 27.0 Å². The first kappa shape index (κ1) is 13.1. The number of carbonyl (C=O) groups excluding carboxylic acids is 2. The van der Waals surface area contributed by atoms with E-state index in [4.69, 9.17) is 5.73 Å². The molecule has 3 rings (SSSR count). The van der Waals surface area contributed by atoms with Crippen LogP contribution in [0.4, 0.5) is 15.0 Å². The number of amides is 3. The largest absolute Gasteiger partial charge is 0.351 e. The Balaban J connectivity index is 1.81. The Morgan fingerprint density at radius 3 is 2.81 bits per heavy atom. The first-order valence-electron chi connectivity index (χ1n) is 6.22. The van der Waals surface area contributed by atoms with E-state index in [0.717, 1.165) is 0 Å². The zero-order valence-corrected chi connectivity index (χ0v) is 10.9. The van der Waals surface area contributed by atoms with Crippen LogP contribution in [0.25, 0.3) is 0 Å². The van der Waals surface area contributed by atoms with Crippen LogP contribution in [-0.2, 0) is 13.1 Å². The first-order valence-corrected chi connectivity index (χ1v) is 6.22. The third-order valence-electron chi connectivity index (χ3n) is 3.31. The molecule has 108 valence electrons. The number of rotatable bonds is 2. The minimum atomic E-state index is -0.607. The summed E-state index contributed by atoms with van der Waals surface area (Å²) >= 11 is 0. The molecule has 0 atom stereocenters. The maximum atomic E-state index is 13.6. The molecule has 8 heteroatoms. The number of hydrogen-bond donors (Lipinski definition) is 3. The summed E-state index contributed by atoms with van der Waals surface area (Å²) in [5.74, 6) is -0.844. The highest BCUT2D eigenvalue weighted by atomic mass is 19.1. The number of aromatic nitrogens is 2. The van der Waals surface area contributed by atoms with Crippen LogP contribution in [0.5, 0.6) is 0 Å². The number of fused-ring (bicyclic) bond motifs is 1. The van der Waals surface area contributed by atoms with Crippen molar-refractivity contribution in [1.82, 2.24) is 15.1 Å². The second kappa shape index (κ2) is 4.89. The SMILES string of the molecule is NC(=O)N1Cc2n[nH]c(NC(=O)c3ccccc3F)c2C1. The number of anilines is 1. The normalized spacial score (nSPS) is 13.1. The van der Waals surface area contributed by atoms with Crippen molar-refractivity contribution in [3.8, 4) is 0 Å². The van der Waals surface area contributed by atoms with Gasteiger partial charge in [0.05, 0.1) is 24.3 Å². The standard InChI is InChI=1S/C13H12FN5O2/c14-9-4-2-1-3-7(9)12(20)16-11-8-5-19(13(15)21)6-10(8)17-18-11/h1-4H,5-6H2,(H2,15,21)(H2,16,17,18,20). The highest BCUT2D eigenvalue weighted by molar-refractivity contribution is 6.04. The first-order chi connectivity index (χ1) is 10.1. The number of H-pyrrole nitrogens is 1. The van der Waals surface area contributed by atoms with Crippen molar-refractivity contribution in [2.24, 2.45) is 5.73 Å². The topological polar surface area (TPSA) is 104 Å².